The Balaban J connectivity index is 1.98. The van der Waals surface area contributed by atoms with E-state index in [9.17, 15) is 0 Å². The number of nitrogens with one attached hydrogen (secondary N) is 1. The number of rotatable bonds is 4. The Kier molecular flexibility index (Phi) is 3.82. The maximum atomic E-state index is 5.81. The number of ether oxygens (including phenoxy) is 2. The van der Waals surface area contributed by atoms with E-state index in [1.807, 2.05) is 18.2 Å². The minimum atomic E-state index is -0.0400. The van der Waals surface area contributed by atoms with Gasteiger partial charge in [0.05, 0.1) is 19.8 Å². The fraction of sp³-hybridized carbons (Fsp3) is 0.294. The average Bonchev–Trinajstić information content (AvgIpc) is 2.97. The summed E-state index contributed by atoms with van der Waals surface area (Å²) < 4.78 is 10.8. The molecule has 2 aromatic carbocycles. The number of nitrogens with two attached hydrogens (primary N) is 1. The Bertz CT molecular complexity index is 655. The second-order valence-corrected chi connectivity index (χ2v) is 5.29. The van der Waals surface area contributed by atoms with Crippen molar-refractivity contribution < 1.29 is 9.47 Å². The van der Waals surface area contributed by atoms with Gasteiger partial charge in [-0.1, -0.05) is 18.2 Å². The van der Waals surface area contributed by atoms with Crippen LogP contribution in [0, 0.1) is 6.92 Å². The molecule has 0 aliphatic carbocycles. The number of hydrogen-bond donors (Lipinski definition) is 2. The summed E-state index contributed by atoms with van der Waals surface area (Å²) in [4.78, 5) is 0. The second-order valence-electron chi connectivity index (χ2n) is 5.29. The van der Waals surface area contributed by atoms with Crippen LogP contribution in [0.5, 0.6) is 11.5 Å². The molecule has 0 saturated heterocycles. The number of aryl methyl sites for hydroxylation is 1. The quantitative estimate of drug-likeness (QED) is 0.669. The van der Waals surface area contributed by atoms with Crippen LogP contribution in [0.15, 0.2) is 36.4 Å². The first-order chi connectivity index (χ1) is 10.2. The molecular formula is C17H20N2O2. The van der Waals surface area contributed by atoms with Gasteiger partial charge in [0, 0.05) is 6.42 Å². The van der Waals surface area contributed by atoms with Crippen molar-refractivity contribution in [2.75, 3.05) is 13.7 Å². The van der Waals surface area contributed by atoms with Crippen molar-refractivity contribution in [3.05, 3.63) is 58.7 Å². The van der Waals surface area contributed by atoms with Crippen molar-refractivity contribution in [3.63, 3.8) is 0 Å². The molecule has 110 valence electrons. The van der Waals surface area contributed by atoms with Gasteiger partial charge in [0.25, 0.3) is 0 Å². The van der Waals surface area contributed by atoms with Crippen LogP contribution in [0.4, 0.5) is 0 Å². The Morgan fingerprint density at radius 3 is 2.81 bits per heavy atom. The second kappa shape index (κ2) is 5.76. The first-order valence-electron chi connectivity index (χ1n) is 7.09. The third kappa shape index (κ3) is 2.60. The standard InChI is InChI=1S/C17H20N2O2/c1-11-9-14(20-2)4-5-15(11)17(19-18)13-3-6-16-12(10-13)7-8-21-16/h3-6,9-10,17,19H,7-8,18H2,1-2H3. The molecule has 1 heterocycles. The largest absolute Gasteiger partial charge is 0.497 e. The van der Waals surface area contributed by atoms with E-state index in [1.54, 1.807) is 7.11 Å². The summed E-state index contributed by atoms with van der Waals surface area (Å²) in [5, 5.41) is 0. The average molecular weight is 284 g/mol. The first-order valence-corrected chi connectivity index (χ1v) is 7.09. The molecule has 1 atom stereocenters. The van der Waals surface area contributed by atoms with E-state index < -0.39 is 0 Å². The number of fused-ring (bicyclic) bond motifs is 1. The van der Waals surface area contributed by atoms with E-state index >= 15 is 0 Å². The molecule has 0 aromatic heterocycles. The summed E-state index contributed by atoms with van der Waals surface area (Å²) in [5.41, 5.74) is 7.62. The zero-order chi connectivity index (χ0) is 14.8. The highest BCUT2D eigenvalue weighted by molar-refractivity contribution is 5.45. The minimum absolute atomic E-state index is 0.0400. The highest BCUT2D eigenvalue weighted by Gasteiger charge is 2.19. The third-order valence-electron chi connectivity index (χ3n) is 4.00. The van der Waals surface area contributed by atoms with E-state index in [0.717, 1.165) is 41.2 Å². The van der Waals surface area contributed by atoms with Gasteiger partial charge in [0.15, 0.2) is 0 Å². The molecule has 1 aliphatic rings. The molecule has 0 fully saturated rings. The predicted octanol–water partition coefficient (Wildman–Crippen LogP) is 2.49. The molecule has 4 heteroatoms. The molecule has 1 unspecified atom stereocenters. The number of benzene rings is 2. The zero-order valence-electron chi connectivity index (χ0n) is 12.3. The van der Waals surface area contributed by atoms with Gasteiger partial charge in [-0.05, 0) is 47.4 Å². The molecule has 0 spiro atoms. The lowest BCUT2D eigenvalue weighted by Crippen LogP contribution is -2.29. The summed E-state index contributed by atoms with van der Waals surface area (Å²) >= 11 is 0. The fourth-order valence-corrected chi connectivity index (χ4v) is 2.85. The van der Waals surface area contributed by atoms with Crippen LogP contribution in [0.1, 0.15) is 28.3 Å². The van der Waals surface area contributed by atoms with Crippen molar-refractivity contribution in [3.8, 4) is 11.5 Å². The van der Waals surface area contributed by atoms with Gasteiger partial charge in [0.2, 0.25) is 0 Å². The minimum Gasteiger partial charge on any atom is -0.497 e. The molecule has 2 aromatic rings. The molecular weight excluding hydrogens is 264 g/mol. The maximum absolute atomic E-state index is 5.81. The van der Waals surface area contributed by atoms with Crippen LogP contribution in [0.25, 0.3) is 0 Å². The molecule has 3 N–H and O–H groups in total. The lowest BCUT2D eigenvalue weighted by atomic mass is 9.94. The van der Waals surface area contributed by atoms with E-state index in [-0.39, 0.29) is 6.04 Å². The van der Waals surface area contributed by atoms with Crippen molar-refractivity contribution >= 4 is 0 Å². The van der Waals surface area contributed by atoms with E-state index in [0.29, 0.717) is 0 Å². The van der Waals surface area contributed by atoms with E-state index in [2.05, 4.69) is 30.5 Å². The number of hydrogen-bond acceptors (Lipinski definition) is 4. The van der Waals surface area contributed by atoms with Crippen LogP contribution < -0.4 is 20.7 Å². The molecule has 0 bridgehead atoms. The van der Waals surface area contributed by atoms with Crippen molar-refractivity contribution in [2.45, 2.75) is 19.4 Å². The highest BCUT2D eigenvalue weighted by Crippen LogP contribution is 2.32. The molecule has 21 heavy (non-hydrogen) atoms. The molecule has 0 saturated carbocycles. The Labute approximate surface area is 124 Å². The van der Waals surface area contributed by atoms with Gasteiger partial charge in [-0.25, -0.2) is 5.43 Å². The van der Waals surface area contributed by atoms with Gasteiger partial charge in [0.1, 0.15) is 11.5 Å². The topological polar surface area (TPSA) is 56.5 Å². The number of methoxy groups -OCH3 is 1. The van der Waals surface area contributed by atoms with Crippen LogP contribution in [-0.2, 0) is 6.42 Å². The van der Waals surface area contributed by atoms with Crippen LogP contribution in [-0.4, -0.2) is 13.7 Å². The molecule has 0 amide bonds. The van der Waals surface area contributed by atoms with Crippen molar-refractivity contribution in [2.24, 2.45) is 5.84 Å². The summed E-state index contributed by atoms with van der Waals surface area (Å²) in [7, 11) is 1.67. The van der Waals surface area contributed by atoms with Crippen LogP contribution >= 0.6 is 0 Å². The van der Waals surface area contributed by atoms with Crippen LogP contribution in [0.2, 0.25) is 0 Å². The third-order valence-corrected chi connectivity index (χ3v) is 4.00. The van der Waals surface area contributed by atoms with Gasteiger partial charge in [-0.2, -0.15) is 0 Å². The summed E-state index contributed by atoms with van der Waals surface area (Å²) in [6.07, 6.45) is 0.960. The van der Waals surface area contributed by atoms with Crippen molar-refractivity contribution in [1.29, 1.82) is 0 Å². The van der Waals surface area contributed by atoms with Crippen molar-refractivity contribution in [1.82, 2.24) is 5.43 Å². The first kappa shape index (κ1) is 13.9. The zero-order valence-corrected chi connectivity index (χ0v) is 12.3. The van der Waals surface area contributed by atoms with Gasteiger partial charge in [-0.3, -0.25) is 5.84 Å². The van der Waals surface area contributed by atoms with Crippen LogP contribution in [0.3, 0.4) is 0 Å². The molecule has 4 nitrogen and oxygen atoms in total. The Morgan fingerprint density at radius 1 is 1.24 bits per heavy atom. The fourth-order valence-electron chi connectivity index (χ4n) is 2.85. The smallest absolute Gasteiger partial charge is 0.122 e. The lowest BCUT2D eigenvalue weighted by Gasteiger charge is -2.20. The Hall–Kier alpha value is -2.04. The highest BCUT2D eigenvalue weighted by atomic mass is 16.5. The number of hydrazine groups is 1. The lowest BCUT2D eigenvalue weighted by molar-refractivity contribution is 0.357. The monoisotopic (exact) mass is 284 g/mol. The molecule has 3 rings (SSSR count). The van der Waals surface area contributed by atoms with E-state index in [4.69, 9.17) is 15.3 Å². The molecule has 1 aliphatic heterocycles. The normalized spacial score (nSPS) is 14.4. The maximum Gasteiger partial charge on any atom is 0.122 e. The summed E-state index contributed by atoms with van der Waals surface area (Å²) in [5.74, 6) is 7.65. The summed E-state index contributed by atoms with van der Waals surface area (Å²) in [6.45, 7) is 2.83. The Morgan fingerprint density at radius 2 is 2.10 bits per heavy atom. The van der Waals surface area contributed by atoms with E-state index in [1.165, 1.54) is 5.56 Å². The summed E-state index contributed by atoms with van der Waals surface area (Å²) in [6, 6.07) is 12.3. The predicted molar refractivity (Wildman–Crippen MR) is 82.5 cm³/mol. The molecule has 0 radical (unpaired) electrons. The SMILES string of the molecule is COc1ccc(C(NN)c2ccc3c(c2)CCO3)c(C)c1. The van der Waals surface area contributed by atoms with Gasteiger partial charge >= 0.3 is 0 Å². The van der Waals surface area contributed by atoms with Gasteiger partial charge < -0.3 is 9.47 Å². The van der Waals surface area contributed by atoms with Gasteiger partial charge in [-0.15, -0.1) is 0 Å².